The van der Waals surface area contributed by atoms with Crippen molar-refractivity contribution in [2.24, 2.45) is 5.73 Å². The summed E-state index contributed by atoms with van der Waals surface area (Å²) in [6.07, 6.45) is 0.494. The van der Waals surface area contributed by atoms with Crippen LogP contribution < -0.4 is 10.5 Å². The van der Waals surface area contributed by atoms with E-state index >= 15 is 0 Å². The van der Waals surface area contributed by atoms with Crippen molar-refractivity contribution < 1.29 is 13.3 Å². The zero-order valence-corrected chi connectivity index (χ0v) is 11.9. The van der Waals surface area contributed by atoms with E-state index in [1.165, 1.54) is 18.2 Å². The highest BCUT2D eigenvalue weighted by Gasteiger charge is 2.17. The maximum atomic E-state index is 11.8. The Morgan fingerprint density at radius 2 is 2.11 bits per heavy atom. The molecule has 0 aliphatic heterocycles. The molecule has 1 aromatic carbocycles. The maximum absolute atomic E-state index is 11.8. The van der Waals surface area contributed by atoms with Gasteiger partial charge in [-0.3, -0.25) is 10.1 Å². The normalized spacial score (nSPS) is 12.5. The molecule has 0 radical (unpaired) electrons. The number of hydrogen-bond donors (Lipinski definition) is 2. The third kappa shape index (κ3) is 5.52. The van der Waals surface area contributed by atoms with Crippen molar-refractivity contribution in [1.29, 1.82) is 0 Å². The van der Waals surface area contributed by atoms with Crippen LogP contribution in [-0.4, -0.2) is 25.9 Å². The molecule has 19 heavy (non-hydrogen) atoms. The summed E-state index contributed by atoms with van der Waals surface area (Å²) < 4.78 is 26.0. The van der Waals surface area contributed by atoms with Crippen LogP contribution in [0.4, 0.5) is 5.69 Å². The summed E-state index contributed by atoms with van der Waals surface area (Å²) in [5, 5.41) is 10.6. The first-order valence-corrected chi connectivity index (χ1v) is 6.81. The highest BCUT2D eigenvalue weighted by Crippen LogP contribution is 2.16. The van der Waals surface area contributed by atoms with Crippen LogP contribution >= 0.6 is 12.4 Å². The molecule has 1 atom stereocenters. The van der Waals surface area contributed by atoms with Gasteiger partial charge in [0.2, 0.25) is 10.0 Å². The monoisotopic (exact) mass is 309 g/mol. The first-order valence-electron chi connectivity index (χ1n) is 5.32. The molecule has 0 saturated heterocycles. The summed E-state index contributed by atoms with van der Waals surface area (Å²) in [6, 6.07) is 4.78. The lowest BCUT2D eigenvalue weighted by Crippen LogP contribution is -2.29. The van der Waals surface area contributed by atoms with Gasteiger partial charge in [0, 0.05) is 24.7 Å². The predicted molar refractivity (Wildman–Crippen MR) is 73.8 cm³/mol. The Kier molecular flexibility index (Phi) is 6.91. The summed E-state index contributed by atoms with van der Waals surface area (Å²) in [4.78, 5) is 9.80. The Morgan fingerprint density at radius 1 is 1.47 bits per heavy atom. The SMILES string of the molecule is CC(N)CCNS(=O)(=O)c1cccc([N+](=O)[O-])c1.Cl. The van der Waals surface area contributed by atoms with E-state index in [1.807, 2.05) is 0 Å². The third-order valence-electron chi connectivity index (χ3n) is 2.23. The van der Waals surface area contributed by atoms with Crippen molar-refractivity contribution >= 4 is 28.1 Å². The summed E-state index contributed by atoms with van der Waals surface area (Å²) in [7, 11) is -3.72. The molecule has 7 nitrogen and oxygen atoms in total. The number of rotatable bonds is 6. The summed E-state index contributed by atoms with van der Waals surface area (Å²) in [5.41, 5.74) is 5.24. The Bertz CT molecular complexity index is 533. The molecule has 1 rings (SSSR count). The number of nitrogens with two attached hydrogens (primary N) is 1. The van der Waals surface area contributed by atoms with Crippen molar-refractivity contribution in [3.8, 4) is 0 Å². The van der Waals surface area contributed by atoms with E-state index in [0.29, 0.717) is 6.42 Å². The molecule has 0 spiro atoms. The molecule has 1 aromatic rings. The van der Waals surface area contributed by atoms with Gasteiger partial charge in [-0.05, 0) is 19.4 Å². The van der Waals surface area contributed by atoms with Gasteiger partial charge in [-0.1, -0.05) is 6.07 Å². The average molecular weight is 310 g/mol. The number of nitrogens with zero attached hydrogens (tertiary/aromatic N) is 1. The Balaban J connectivity index is 0.00000324. The van der Waals surface area contributed by atoms with Crippen LogP contribution in [-0.2, 0) is 10.0 Å². The zero-order valence-electron chi connectivity index (χ0n) is 10.3. The molecule has 0 fully saturated rings. The summed E-state index contributed by atoms with van der Waals surface area (Å²) in [6.45, 7) is 1.96. The minimum absolute atomic E-state index is 0. The van der Waals surface area contributed by atoms with E-state index in [-0.39, 0.29) is 35.6 Å². The molecule has 1 unspecified atom stereocenters. The largest absolute Gasteiger partial charge is 0.328 e. The maximum Gasteiger partial charge on any atom is 0.270 e. The number of nitro benzene ring substituents is 1. The second-order valence-electron chi connectivity index (χ2n) is 3.92. The van der Waals surface area contributed by atoms with Gasteiger partial charge in [0.25, 0.3) is 5.69 Å². The van der Waals surface area contributed by atoms with E-state index in [2.05, 4.69) is 4.72 Å². The molecule has 0 aliphatic rings. The molecule has 108 valence electrons. The third-order valence-corrected chi connectivity index (χ3v) is 3.69. The first-order chi connectivity index (χ1) is 8.33. The molecular weight excluding hydrogens is 294 g/mol. The van der Waals surface area contributed by atoms with Crippen molar-refractivity contribution in [1.82, 2.24) is 4.72 Å². The number of halogens is 1. The predicted octanol–water partition coefficient (Wildman–Crippen LogP) is 1.03. The van der Waals surface area contributed by atoms with Crippen LogP contribution in [0, 0.1) is 10.1 Å². The molecule has 0 amide bonds. The van der Waals surface area contributed by atoms with Crippen LogP contribution in [0.5, 0.6) is 0 Å². The number of nitrogens with one attached hydrogen (secondary N) is 1. The van der Waals surface area contributed by atoms with Crippen LogP contribution in [0.15, 0.2) is 29.2 Å². The van der Waals surface area contributed by atoms with E-state index in [9.17, 15) is 18.5 Å². The molecule has 0 saturated carbocycles. The molecular formula is C10H16ClN3O4S. The van der Waals surface area contributed by atoms with Crippen molar-refractivity contribution in [2.75, 3.05) is 6.54 Å². The fourth-order valence-electron chi connectivity index (χ4n) is 1.27. The van der Waals surface area contributed by atoms with Gasteiger partial charge in [0.15, 0.2) is 0 Å². The van der Waals surface area contributed by atoms with Crippen molar-refractivity contribution in [3.05, 3.63) is 34.4 Å². The van der Waals surface area contributed by atoms with Gasteiger partial charge in [-0.2, -0.15) is 0 Å². The van der Waals surface area contributed by atoms with Crippen molar-refractivity contribution in [2.45, 2.75) is 24.3 Å². The minimum atomic E-state index is -3.72. The van der Waals surface area contributed by atoms with Gasteiger partial charge in [-0.25, -0.2) is 13.1 Å². The van der Waals surface area contributed by atoms with E-state index in [4.69, 9.17) is 5.73 Å². The van der Waals surface area contributed by atoms with E-state index in [1.54, 1.807) is 6.92 Å². The zero-order chi connectivity index (χ0) is 13.8. The quantitative estimate of drug-likeness (QED) is 0.601. The molecule has 0 bridgehead atoms. The molecule has 9 heteroatoms. The average Bonchev–Trinajstić information content (AvgIpc) is 2.28. The van der Waals surface area contributed by atoms with Crippen LogP contribution in [0.25, 0.3) is 0 Å². The lowest BCUT2D eigenvalue weighted by molar-refractivity contribution is -0.385. The fourth-order valence-corrected chi connectivity index (χ4v) is 2.36. The number of non-ortho nitro benzene ring substituents is 1. The fraction of sp³-hybridized carbons (Fsp3) is 0.400. The highest BCUT2D eigenvalue weighted by atomic mass is 35.5. The van der Waals surface area contributed by atoms with Gasteiger partial charge in [0.05, 0.1) is 9.82 Å². The van der Waals surface area contributed by atoms with Gasteiger partial charge in [-0.15, -0.1) is 12.4 Å². The summed E-state index contributed by atoms with van der Waals surface area (Å²) >= 11 is 0. The first kappa shape index (κ1) is 17.8. The number of benzene rings is 1. The standard InChI is InChI=1S/C10H15N3O4S.ClH/c1-8(11)5-6-12-18(16,17)10-4-2-3-9(7-10)13(14)15;/h2-4,7-8,12H,5-6,11H2,1H3;1H. The minimum Gasteiger partial charge on any atom is -0.328 e. The highest BCUT2D eigenvalue weighted by molar-refractivity contribution is 7.89. The summed E-state index contributed by atoms with van der Waals surface area (Å²) in [5.74, 6) is 0. The second kappa shape index (κ2) is 7.39. The van der Waals surface area contributed by atoms with E-state index in [0.717, 1.165) is 6.07 Å². The number of nitro groups is 1. The lowest BCUT2D eigenvalue weighted by Gasteiger charge is -2.08. The molecule has 3 N–H and O–H groups in total. The molecule has 0 aromatic heterocycles. The molecule has 0 aliphatic carbocycles. The van der Waals surface area contributed by atoms with Gasteiger partial charge < -0.3 is 5.73 Å². The smallest absolute Gasteiger partial charge is 0.270 e. The Labute approximate surface area is 117 Å². The Hall–Kier alpha value is -1.22. The van der Waals surface area contributed by atoms with E-state index < -0.39 is 14.9 Å². The van der Waals surface area contributed by atoms with Crippen molar-refractivity contribution in [3.63, 3.8) is 0 Å². The lowest BCUT2D eigenvalue weighted by atomic mass is 10.3. The Morgan fingerprint density at radius 3 is 2.63 bits per heavy atom. The van der Waals surface area contributed by atoms with Crippen LogP contribution in [0.1, 0.15) is 13.3 Å². The van der Waals surface area contributed by atoms with Gasteiger partial charge in [0.1, 0.15) is 0 Å². The van der Waals surface area contributed by atoms with Gasteiger partial charge >= 0.3 is 0 Å². The van der Waals surface area contributed by atoms with Crippen LogP contribution in [0.3, 0.4) is 0 Å². The number of sulfonamides is 1. The number of hydrogen-bond acceptors (Lipinski definition) is 5. The second-order valence-corrected chi connectivity index (χ2v) is 5.69. The molecule has 0 heterocycles. The topological polar surface area (TPSA) is 115 Å². The van der Waals surface area contributed by atoms with Crippen LogP contribution in [0.2, 0.25) is 0 Å².